The van der Waals surface area contributed by atoms with Crippen LogP contribution in [0.25, 0.3) is 0 Å². The van der Waals surface area contributed by atoms with Gasteiger partial charge in [0.2, 0.25) is 5.91 Å². The number of thioether (sulfide) groups is 1. The molecule has 0 saturated carbocycles. The molecule has 0 aliphatic heterocycles. The van der Waals surface area contributed by atoms with Crippen LogP contribution in [-0.2, 0) is 11.3 Å². The average Bonchev–Trinajstić information content (AvgIpc) is 3.11. The van der Waals surface area contributed by atoms with Crippen LogP contribution < -0.4 is 16.6 Å². The lowest BCUT2D eigenvalue weighted by Gasteiger charge is -2.09. The molecule has 0 aliphatic rings. The van der Waals surface area contributed by atoms with Crippen molar-refractivity contribution in [2.45, 2.75) is 11.4 Å². The molecular formula is C19H17N3O4S. The molecule has 3 N–H and O–H groups in total. The molecule has 27 heavy (non-hydrogen) atoms. The van der Waals surface area contributed by atoms with Crippen molar-refractivity contribution in [2.24, 2.45) is 5.73 Å². The Morgan fingerprint density at radius 2 is 1.85 bits per heavy atom. The summed E-state index contributed by atoms with van der Waals surface area (Å²) in [5, 5.41) is 2.76. The molecule has 2 heterocycles. The molecule has 0 saturated heterocycles. The van der Waals surface area contributed by atoms with Gasteiger partial charge in [0.1, 0.15) is 5.76 Å². The maximum atomic E-state index is 12.5. The first-order valence-corrected chi connectivity index (χ1v) is 9.07. The molecule has 0 spiro atoms. The first kappa shape index (κ1) is 18.5. The predicted octanol–water partition coefficient (Wildman–Crippen LogP) is 2.32. The summed E-state index contributed by atoms with van der Waals surface area (Å²) in [5.41, 5.74) is 5.58. The van der Waals surface area contributed by atoms with Crippen molar-refractivity contribution in [3.63, 3.8) is 0 Å². The Kier molecular flexibility index (Phi) is 5.77. The number of pyridine rings is 1. The van der Waals surface area contributed by atoms with Crippen LogP contribution in [-0.4, -0.2) is 22.1 Å². The summed E-state index contributed by atoms with van der Waals surface area (Å²) in [6.45, 7) is 0.234. The van der Waals surface area contributed by atoms with Crippen molar-refractivity contribution >= 4 is 29.3 Å². The van der Waals surface area contributed by atoms with Crippen LogP contribution in [0.2, 0.25) is 0 Å². The Morgan fingerprint density at radius 1 is 1.07 bits per heavy atom. The van der Waals surface area contributed by atoms with E-state index in [-0.39, 0.29) is 23.6 Å². The monoisotopic (exact) mass is 383 g/mol. The van der Waals surface area contributed by atoms with Gasteiger partial charge >= 0.3 is 0 Å². The Bertz CT molecular complexity index is 1030. The summed E-state index contributed by atoms with van der Waals surface area (Å²) in [6, 6.07) is 15.2. The summed E-state index contributed by atoms with van der Waals surface area (Å²) in [6.07, 6.45) is 1.65. The third kappa shape index (κ3) is 4.89. The Balaban J connectivity index is 1.71. The minimum atomic E-state index is -0.437. The maximum Gasteiger partial charge on any atom is 0.291 e. The van der Waals surface area contributed by atoms with Gasteiger partial charge in [0.25, 0.3) is 11.5 Å². The van der Waals surface area contributed by atoms with Gasteiger partial charge in [-0.2, -0.15) is 0 Å². The number of carbonyl (C=O) groups excluding carboxylic acids is 2. The van der Waals surface area contributed by atoms with Gasteiger partial charge in [0.05, 0.1) is 18.0 Å². The van der Waals surface area contributed by atoms with E-state index in [2.05, 4.69) is 5.32 Å². The number of amides is 2. The second-order valence-corrected chi connectivity index (χ2v) is 6.66. The van der Waals surface area contributed by atoms with Crippen molar-refractivity contribution in [2.75, 3.05) is 11.1 Å². The Hall–Kier alpha value is -3.26. The number of benzene rings is 1. The van der Waals surface area contributed by atoms with E-state index in [4.69, 9.17) is 10.2 Å². The summed E-state index contributed by atoms with van der Waals surface area (Å²) in [7, 11) is 0. The Morgan fingerprint density at radius 3 is 2.63 bits per heavy atom. The molecule has 2 amide bonds. The van der Waals surface area contributed by atoms with Crippen molar-refractivity contribution < 1.29 is 14.0 Å². The highest BCUT2D eigenvalue weighted by Gasteiger charge is 2.14. The quantitative estimate of drug-likeness (QED) is 0.609. The van der Waals surface area contributed by atoms with Crippen LogP contribution in [0.5, 0.6) is 0 Å². The number of rotatable bonds is 7. The van der Waals surface area contributed by atoms with Crippen LogP contribution in [0, 0.1) is 0 Å². The lowest BCUT2D eigenvalue weighted by molar-refractivity contribution is -0.115. The molecule has 0 bridgehead atoms. The number of nitrogens with two attached hydrogens (primary N) is 1. The van der Waals surface area contributed by atoms with E-state index in [0.717, 1.165) is 4.90 Å². The molecule has 7 nitrogen and oxygen atoms in total. The normalized spacial score (nSPS) is 10.5. The fraction of sp³-hybridized carbons (Fsp3) is 0.105. The number of hydrogen-bond donors (Lipinski definition) is 2. The molecule has 0 fully saturated rings. The largest absolute Gasteiger partial charge is 0.454 e. The van der Waals surface area contributed by atoms with E-state index >= 15 is 0 Å². The number of nitrogens with one attached hydrogen (secondary N) is 1. The third-order valence-corrected chi connectivity index (χ3v) is 4.71. The molecule has 8 heteroatoms. The summed E-state index contributed by atoms with van der Waals surface area (Å²) in [5.74, 6) is -0.126. The minimum Gasteiger partial charge on any atom is -0.454 e. The van der Waals surface area contributed by atoms with E-state index in [1.165, 1.54) is 22.4 Å². The van der Waals surface area contributed by atoms with Gasteiger partial charge < -0.3 is 20.0 Å². The molecule has 3 aromatic rings. The average molecular weight is 383 g/mol. The summed E-state index contributed by atoms with van der Waals surface area (Å²) < 4.78 is 7.04. The second-order valence-electron chi connectivity index (χ2n) is 5.64. The highest BCUT2D eigenvalue weighted by molar-refractivity contribution is 8.00. The van der Waals surface area contributed by atoms with Crippen LogP contribution in [0.15, 0.2) is 74.9 Å². The first-order valence-electron chi connectivity index (χ1n) is 8.08. The number of carbonyl (C=O) groups is 2. The molecule has 0 aliphatic carbocycles. The van der Waals surface area contributed by atoms with Gasteiger partial charge in [-0.3, -0.25) is 14.4 Å². The van der Waals surface area contributed by atoms with Crippen LogP contribution >= 0.6 is 11.8 Å². The molecule has 0 atom stereocenters. The summed E-state index contributed by atoms with van der Waals surface area (Å²) >= 11 is 1.24. The minimum absolute atomic E-state index is 0.115. The van der Waals surface area contributed by atoms with Gasteiger partial charge in [-0.15, -0.1) is 11.8 Å². The van der Waals surface area contributed by atoms with Gasteiger partial charge in [-0.1, -0.05) is 18.2 Å². The molecule has 0 radical (unpaired) electrons. The lowest BCUT2D eigenvalue weighted by Crippen LogP contribution is -2.18. The molecule has 1 aromatic carbocycles. The number of aromatic nitrogens is 1. The van der Waals surface area contributed by atoms with Crippen LogP contribution in [0.4, 0.5) is 5.69 Å². The first-order chi connectivity index (χ1) is 13.0. The fourth-order valence-corrected chi connectivity index (χ4v) is 3.12. The number of para-hydroxylation sites is 1. The zero-order valence-corrected chi connectivity index (χ0v) is 15.1. The topological polar surface area (TPSA) is 107 Å². The van der Waals surface area contributed by atoms with E-state index in [1.807, 2.05) is 6.07 Å². The van der Waals surface area contributed by atoms with E-state index < -0.39 is 11.8 Å². The maximum absolute atomic E-state index is 12.5. The zero-order valence-electron chi connectivity index (χ0n) is 14.3. The highest BCUT2D eigenvalue weighted by atomic mass is 32.2. The van der Waals surface area contributed by atoms with Crippen molar-refractivity contribution in [1.82, 2.24) is 4.57 Å². The number of anilines is 1. The molecule has 0 unspecified atom stereocenters. The highest BCUT2D eigenvalue weighted by Crippen LogP contribution is 2.27. The third-order valence-electron chi connectivity index (χ3n) is 3.62. The lowest BCUT2D eigenvalue weighted by atomic mass is 10.3. The molecular weight excluding hydrogens is 366 g/mol. The number of primary amides is 1. The summed E-state index contributed by atoms with van der Waals surface area (Å²) in [4.78, 5) is 35.9. The van der Waals surface area contributed by atoms with E-state index in [9.17, 15) is 14.4 Å². The number of nitrogens with zero attached hydrogens (tertiary/aromatic N) is 1. The van der Waals surface area contributed by atoms with Gasteiger partial charge in [-0.05, 0) is 30.3 Å². The van der Waals surface area contributed by atoms with Crippen LogP contribution in [0.1, 0.15) is 16.3 Å². The second kappa shape index (κ2) is 8.41. The van der Waals surface area contributed by atoms with Crippen molar-refractivity contribution in [3.05, 3.63) is 82.7 Å². The van der Waals surface area contributed by atoms with Crippen LogP contribution in [0.3, 0.4) is 0 Å². The molecule has 2 aromatic heterocycles. The number of furan rings is 1. The zero-order chi connectivity index (χ0) is 19.2. The van der Waals surface area contributed by atoms with Gasteiger partial charge in [0.15, 0.2) is 5.76 Å². The molecule has 3 rings (SSSR count). The predicted molar refractivity (Wildman–Crippen MR) is 103 cm³/mol. The Labute approximate surface area is 159 Å². The van der Waals surface area contributed by atoms with E-state index in [0.29, 0.717) is 11.4 Å². The number of hydrogen-bond acceptors (Lipinski definition) is 5. The SMILES string of the molecule is NC(=O)CSc1ccccc1NC(=O)c1ccc(Cn2ccccc2=O)o1. The van der Waals surface area contributed by atoms with Crippen molar-refractivity contribution in [3.8, 4) is 0 Å². The van der Waals surface area contributed by atoms with Crippen molar-refractivity contribution in [1.29, 1.82) is 0 Å². The standard InChI is InChI=1S/C19H17N3O4S/c20-17(23)12-27-16-6-2-1-5-14(16)21-19(25)15-9-8-13(26-15)11-22-10-4-3-7-18(22)24/h1-10H,11-12H2,(H2,20,23)(H,21,25). The smallest absolute Gasteiger partial charge is 0.291 e. The fourth-order valence-electron chi connectivity index (χ4n) is 2.37. The van der Waals surface area contributed by atoms with E-state index in [1.54, 1.807) is 48.7 Å². The van der Waals surface area contributed by atoms with Gasteiger partial charge in [0, 0.05) is 17.2 Å². The molecule has 138 valence electrons. The van der Waals surface area contributed by atoms with Gasteiger partial charge in [-0.25, -0.2) is 0 Å².